The van der Waals surface area contributed by atoms with Gasteiger partial charge in [-0.2, -0.15) is 0 Å². The Hall–Kier alpha value is -2.24. The van der Waals surface area contributed by atoms with Gasteiger partial charge in [-0.3, -0.25) is 9.59 Å². The number of nitrogens with zero attached hydrogens (tertiary/aromatic N) is 2. The van der Waals surface area contributed by atoms with E-state index in [1.807, 2.05) is 24.3 Å². The molecule has 2 amide bonds. The molecule has 3 fully saturated rings. The predicted octanol–water partition coefficient (Wildman–Crippen LogP) is 2.80. The third-order valence-electron chi connectivity index (χ3n) is 5.56. The molecule has 6 heteroatoms. The first-order chi connectivity index (χ1) is 12.1. The number of amides is 2. The number of fused-ring (bicyclic) bond motifs is 5. The van der Waals surface area contributed by atoms with Crippen LogP contribution in [-0.4, -0.2) is 29.0 Å². The molecule has 2 bridgehead atoms. The summed E-state index contributed by atoms with van der Waals surface area (Å²) in [5.74, 6) is -0.994. The summed E-state index contributed by atoms with van der Waals surface area (Å²) in [7, 11) is 0. The Labute approximate surface area is 149 Å². The summed E-state index contributed by atoms with van der Waals surface area (Å²) in [4.78, 5) is 31.3. The van der Waals surface area contributed by atoms with E-state index in [4.69, 9.17) is 16.3 Å². The topological polar surface area (TPSA) is 59.5 Å². The fourth-order valence-corrected chi connectivity index (χ4v) is 4.63. The molecule has 2 aromatic rings. The Balaban J connectivity index is 1.49. The summed E-state index contributed by atoms with van der Waals surface area (Å²) < 4.78 is 6.03. The number of ether oxygens (including phenoxy) is 1. The van der Waals surface area contributed by atoms with Gasteiger partial charge >= 0.3 is 0 Å². The number of imide groups is 1. The Bertz CT molecular complexity index is 855. The van der Waals surface area contributed by atoms with Crippen molar-refractivity contribution in [2.45, 2.75) is 24.5 Å². The van der Waals surface area contributed by atoms with Crippen molar-refractivity contribution in [2.75, 3.05) is 4.90 Å². The molecule has 0 saturated carbocycles. The maximum Gasteiger partial charge on any atom is 0.240 e. The molecule has 0 spiro atoms. The molecule has 1 aromatic carbocycles. The molecule has 3 aliphatic rings. The minimum Gasteiger partial charge on any atom is -0.373 e. The van der Waals surface area contributed by atoms with E-state index in [9.17, 15) is 9.59 Å². The number of carbonyl (C=O) groups is 2. The summed E-state index contributed by atoms with van der Waals surface area (Å²) in [6.45, 7) is 0. The smallest absolute Gasteiger partial charge is 0.240 e. The molecule has 0 radical (unpaired) electrons. The van der Waals surface area contributed by atoms with Crippen LogP contribution in [0, 0.1) is 11.8 Å². The fraction of sp³-hybridized carbons (Fsp3) is 0.316. The summed E-state index contributed by atoms with van der Waals surface area (Å²) in [5.41, 5.74) is 1.64. The highest BCUT2D eigenvalue weighted by molar-refractivity contribution is 6.29. The predicted molar refractivity (Wildman–Crippen MR) is 91.2 cm³/mol. The quantitative estimate of drug-likeness (QED) is 0.614. The van der Waals surface area contributed by atoms with Crippen molar-refractivity contribution in [1.82, 2.24) is 4.98 Å². The van der Waals surface area contributed by atoms with E-state index in [1.54, 1.807) is 24.4 Å². The first kappa shape index (κ1) is 15.0. The molecule has 3 aliphatic heterocycles. The van der Waals surface area contributed by atoms with Crippen molar-refractivity contribution >= 4 is 29.1 Å². The molecule has 5 rings (SSSR count). The standard InChI is InChI=1S/C19H15ClN2O3/c20-14-7-6-10(9-21-14)12-8-13-15-16(17(12)25-13)19(24)22(18(15)23)11-4-2-1-3-5-11/h1-7,9,12-13,15-17H,8H2/t12-,13-,15-,16-,17+/m0/s1. The summed E-state index contributed by atoms with van der Waals surface area (Å²) >= 11 is 5.87. The van der Waals surface area contributed by atoms with E-state index >= 15 is 0 Å². The second kappa shape index (κ2) is 5.38. The number of hydrogen-bond acceptors (Lipinski definition) is 4. The first-order valence-electron chi connectivity index (χ1n) is 8.35. The van der Waals surface area contributed by atoms with Gasteiger partial charge < -0.3 is 4.74 Å². The van der Waals surface area contributed by atoms with E-state index in [0.29, 0.717) is 10.8 Å². The molecule has 0 aliphatic carbocycles. The van der Waals surface area contributed by atoms with Crippen molar-refractivity contribution in [3.8, 4) is 0 Å². The van der Waals surface area contributed by atoms with Gasteiger partial charge in [0.2, 0.25) is 11.8 Å². The number of pyridine rings is 1. The summed E-state index contributed by atoms with van der Waals surface area (Å²) in [6.07, 6.45) is 1.99. The monoisotopic (exact) mass is 354 g/mol. The normalized spacial score (nSPS) is 33.2. The maximum absolute atomic E-state index is 13.0. The maximum atomic E-state index is 13.0. The van der Waals surface area contributed by atoms with Crippen LogP contribution in [-0.2, 0) is 14.3 Å². The lowest BCUT2D eigenvalue weighted by Gasteiger charge is -2.25. The molecule has 5 nitrogen and oxygen atoms in total. The lowest BCUT2D eigenvalue weighted by molar-refractivity contribution is -0.124. The first-order valence-corrected chi connectivity index (χ1v) is 8.73. The molecule has 3 saturated heterocycles. The molecule has 126 valence electrons. The lowest BCUT2D eigenvalue weighted by atomic mass is 9.73. The van der Waals surface area contributed by atoms with Crippen LogP contribution >= 0.6 is 11.6 Å². The molecule has 0 unspecified atom stereocenters. The molecular weight excluding hydrogens is 340 g/mol. The Morgan fingerprint density at radius 3 is 2.52 bits per heavy atom. The number of carbonyl (C=O) groups excluding carboxylic acids is 2. The van der Waals surface area contributed by atoms with Crippen LogP contribution in [0.3, 0.4) is 0 Å². The SMILES string of the molecule is O=C1[C@@H]2[C@@H]3O[C@@H](C[C@H]3c3ccc(Cl)nc3)[C@@H]2C(=O)N1c1ccccc1. The van der Waals surface area contributed by atoms with Gasteiger partial charge in [-0.25, -0.2) is 9.88 Å². The van der Waals surface area contributed by atoms with Gasteiger partial charge in [0.1, 0.15) is 5.15 Å². The lowest BCUT2D eigenvalue weighted by Crippen LogP contribution is -2.35. The van der Waals surface area contributed by atoms with Crippen LogP contribution in [0.2, 0.25) is 5.15 Å². The van der Waals surface area contributed by atoms with E-state index in [2.05, 4.69) is 4.98 Å². The van der Waals surface area contributed by atoms with Crippen LogP contribution in [0.5, 0.6) is 0 Å². The van der Waals surface area contributed by atoms with Gasteiger partial charge in [-0.1, -0.05) is 35.9 Å². The second-order valence-corrected chi connectivity index (χ2v) is 7.18. The Kier molecular flexibility index (Phi) is 3.24. The third-order valence-corrected chi connectivity index (χ3v) is 5.78. The van der Waals surface area contributed by atoms with Gasteiger partial charge in [0, 0.05) is 12.1 Å². The zero-order valence-electron chi connectivity index (χ0n) is 13.2. The number of halogens is 1. The van der Waals surface area contributed by atoms with E-state index < -0.39 is 5.92 Å². The van der Waals surface area contributed by atoms with Gasteiger partial charge in [0.05, 0.1) is 29.7 Å². The zero-order valence-corrected chi connectivity index (χ0v) is 14.0. The number of rotatable bonds is 2. The molecule has 5 atom stereocenters. The number of aromatic nitrogens is 1. The Morgan fingerprint density at radius 1 is 1.04 bits per heavy atom. The minimum atomic E-state index is -0.410. The number of benzene rings is 1. The second-order valence-electron chi connectivity index (χ2n) is 6.79. The highest BCUT2D eigenvalue weighted by atomic mass is 35.5. The van der Waals surface area contributed by atoms with Crippen LogP contribution in [0.4, 0.5) is 5.69 Å². The molecular formula is C19H15ClN2O3. The number of hydrogen-bond donors (Lipinski definition) is 0. The van der Waals surface area contributed by atoms with Crippen LogP contribution < -0.4 is 4.90 Å². The Morgan fingerprint density at radius 2 is 1.80 bits per heavy atom. The highest BCUT2D eigenvalue weighted by Crippen LogP contribution is 2.54. The summed E-state index contributed by atoms with van der Waals surface area (Å²) in [5, 5.41) is 0.438. The van der Waals surface area contributed by atoms with Crippen LogP contribution in [0.25, 0.3) is 0 Å². The number of para-hydroxylation sites is 1. The van der Waals surface area contributed by atoms with Crippen molar-refractivity contribution < 1.29 is 14.3 Å². The zero-order chi connectivity index (χ0) is 17.1. The molecule has 4 heterocycles. The van der Waals surface area contributed by atoms with Crippen molar-refractivity contribution in [3.63, 3.8) is 0 Å². The summed E-state index contributed by atoms with van der Waals surface area (Å²) in [6, 6.07) is 12.8. The van der Waals surface area contributed by atoms with E-state index in [1.165, 1.54) is 4.90 Å². The van der Waals surface area contributed by atoms with Crippen LogP contribution in [0.1, 0.15) is 17.9 Å². The van der Waals surface area contributed by atoms with Gasteiger partial charge in [0.15, 0.2) is 0 Å². The average Bonchev–Trinajstić information content (AvgIpc) is 3.28. The van der Waals surface area contributed by atoms with Gasteiger partial charge in [-0.05, 0) is 30.2 Å². The third kappa shape index (κ3) is 2.09. The van der Waals surface area contributed by atoms with Crippen molar-refractivity contribution in [2.24, 2.45) is 11.8 Å². The molecule has 25 heavy (non-hydrogen) atoms. The van der Waals surface area contributed by atoms with E-state index in [-0.39, 0.29) is 35.9 Å². The van der Waals surface area contributed by atoms with Crippen molar-refractivity contribution in [1.29, 1.82) is 0 Å². The van der Waals surface area contributed by atoms with E-state index in [0.717, 1.165) is 12.0 Å². The molecule has 1 aromatic heterocycles. The average molecular weight is 355 g/mol. The molecule has 0 N–H and O–H groups in total. The van der Waals surface area contributed by atoms with Crippen LogP contribution in [0.15, 0.2) is 48.7 Å². The van der Waals surface area contributed by atoms with Crippen molar-refractivity contribution in [3.05, 3.63) is 59.4 Å². The number of anilines is 1. The van der Waals surface area contributed by atoms with Gasteiger partial charge in [-0.15, -0.1) is 0 Å². The minimum absolute atomic E-state index is 0.0727. The largest absolute Gasteiger partial charge is 0.373 e. The highest BCUT2D eigenvalue weighted by Gasteiger charge is 2.65. The fourth-order valence-electron chi connectivity index (χ4n) is 4.52. The van der Waals surface area contributed by atoms with Gasteiger partial charge in [0.25, 0.3) is 0 Å².